The molecular formula is C21H19ClN2O3. The summed E-state index contributed by atoms with van der Waals surface area (Å²) in [6.45, 7) is 0.0961. The number of allylic oxidation sites excluding steroid dienone is 2. The Bertz CT molecular complexity index is 964. The van der Waals surface area contributed by atoms with Gasteiger partial charge in [0.05, 0.1) is 11.8 Å². The highest BCUT2D eigenvalue weighted by Gasteiger charge is 2.48. The van der Waals surface area contributed by atoms with Crippen molar-refractivity contribution in [3.8, 4) is 0 Å². The first-order valence-corrected chi connectivity index (χ1v) is 9.40. The second kappa shape index (κ2) is 7.16. The SMILES string of the molecule is O=C(CCN1C(=O)[C@H]2CC=C(Cl)C[C@@H]2C1=O)Nc1cccc2ccccc12. The van der Waals surface area contributed by atoms with Gasteiger partial charge in [0.25, 0.3) is 0 Å². The number of nitrogens with one attached hydrogen (secondary N) is 1. The Hall–Kier alpha value is -2.66. The highest BCUT2D eigenvalue weighted by atomic mass is 35.5. The molecule has 6 heteroatoms. The number of benzene rings is 2. The molecule has 3 amide bonds. The maximum atomic E-state index is 12.5. The van der Waals surface area contributed by atoms with Crippen molar-refractivity contribution in [1.82, 2.24) is 4.90 Å². The molecule has 2 aromatic rings. The molecule has 0 spiro atoms. The quantitative estimate of drug-likeness (QED) is 0.820. The molecule has 0 unspecified atom stereocenters. The molecule has 1 fully saturated rings. The van der Waals surface area contributed by atoms with Crippen LogP contribution in [0, 0.1) is 11.8 Å². The lowest BCUT2D eigenvalue weighted by Gasteiger charge is -2.17. The van der Waals surface area contributed by atoms with Crippen LogP contribution in [0.3, 0.4) is 0 Å². The van der Waals surface area contributed by atoms with Crippen LogP contribution in [0.2, 0.25) is 0 Å². The van der Waals surface area contributed by atoms with Crippen LogP contribution in [0.1, 0.15) is 19.3 Å². The molecule has 1 aliphatic heterocycles. The number of imide groups is 1. The number of likely N-dealkylation sites (tertiary alicyclic amines) is 1. The summed E-state index contributed by atoms with van der Waals surface area (Å²) in [5, 5.41) is 5.51. The molecule has 0 saturated carbocycles. The third-order valence-corrected chi connectivity index (χ3v) is 5.60. The number of carbonyl (C=O) groups excluding carboxylic acids is 3. The minimum Gasteiger partial charge on any atom is -0.325 e. The van der Waals surface area contributed by atoms with Gasteiger partial charge in [-0.3, -0.25) is 19.3 Å². The van der Waals surface area contributed by atoms with Crippen molar-refractivity contribution in [2.24, 2.45) is 11.8 Å². The first-order valence-electron chi connectivity index (χ1n) is 9.02. The fraction of sp³-hybridized carbons (Fsp3) is 0.286. The van der Waals surface area contributed by atoms with Crippen LogP contribution in [0.5, 0.6) is 0 Å². The van der Waals surface area contributed by atoms with Crippen LogP contribution in [0.15, 0.2) is 53.6 Å². The molecule has 0 aromatic heterocycles. The van der Waals surface area contributed by atoms with Gasteiger partial charge in [0.2, 0.25) is 17.7 Å². The van der Waals surface area contributed by atoms with Crippen LogP contribution < -0.4 is 5.32 Å². The van der Waals surface area contributed by atoms with E-state index in [1.807, 2.05) is 48.5 Å². The highest BCUT2D eigenvalue weighted by Crippen LogP contribution is 2.38. The van der Waals surface area contributed by atoms with Gasteiger partial charge in [-0.2, -0.15) is 0 Å². The van der Waals surface area contributed by atoms with Crippen molar-refractivity contribution in [3.63, 3.8) is 0 Å². The van der Waals surface area contributed by atoms with E-state index in [0.29, 0.717) is 17.9 Å². The first-order chi connectivity index (χ1) is 13.0. The van der Waals surface area contributed by atoms with Gasteiger partial charge in [0.1, 0.15) is 0 Å². The lowest BCUT2D eigenvalue weighted by atomic mass is 9.85. The summed E-state index contributed by atoms with van der Waals surface area (Å²) in [6.07, 6.45) is 2.79. The van der Waals surface area contributed by atoms with Gasteiger partial charge < -0.3 is 5.32 Å². The zero-order chi connectivity index (χ0) is 19.0. The summed E-state index contributed by atoms with van der Waals surface area (Å²) < 4.78 is 0. The summed E-state index contributed by atoms with van der Waals surface area (Å²) in [5.41, 5.74) is 0.724. The predicted octanol–water partition coefficient (Wildman–Crippen LogP) is 3.69. The number of fused-ring (bicyclic) bond motifs is 2. The normalized spacial score (nSPS) is 22.0. The maximum absolute atomic E-state index is 12.5. The van der Waals surface area contributed by atoms with Crippen molar-refractivity contribution in [1.29, 1.82) is 0 Å². The second-order valence-corrected chi connectivity index (χ2v) is 7.44. The molecule has 1 N–H and O–H groups in total. The van der Waals surface area contributed by atoms with Gasteiger partial charge in [-0.05, 0) is 24.3 Å². The van der Waals surface area contributed by atoms with Gasteiger partial charge in [-0.1, -0.05) is 54.1 Å². The molecule has 138 valence electrons. The number of rotatable bonds is 4. The molecule has 0 radical (unpaired) electrons. The van der Waals surface area contributed by atoms with E-state index in [-0.39, 0.29) is 42.5 Å². The van der Waals surface area contributed by atoms with Gasteiger partial charge >= 0.3 is 0 Å². The summed E-state index contributed by atoms with van der Waals surface area (Å²) in [7, 11) is 0. The number of amides is 3. The Balaban J connectivity index is 1.41. The molecule has 5 nitrogen and oxygen atoms in total. The minimum atomic E-state index is -0.379. The monoisotopic (exact) mass is 382 g/mol. The molecule has 2 aliphatic rings. The largest absolute Gasteiger partial charge is 0.325 e. The van der Waals surface area contributed by atoms with E-state index in [4.69, 9.17) is 11.6 Å². The van der Waals surface area contributed by atoms with Crippen molar-refractivity contribution in [2.45, 2.75) is 19.3 Å². The zero-order valence-corrected chi connectivity index (χ0v) is 15.4. The standard InChI is InChI=1S/C21H19ClN2O3/c22-14-8-9-16-17(12-14)21(27)24(20(16)26)11-10-19(25)23-18-7-3-5-13-4-1-2-6-15(13)18/h1-8,16-17H,9-12H2,(H,23,25)/t16-,17-/m0/s1. The molecular weight excluding hydrogens is 364 g/mol. The number of carbonyl (C=O) groups is 3. The molecule has 1 aliphatic carbocycles. The zero-order valence-electron chi connectivity index (χ0n) is 14.7. The Morgan fingerprint density at radius 3 is 2.67 bits per heavy atom. The predicted molar refractivity (Wildman–Crippen MR) is 104 cm³/mol. The van der Waals surface area contributed by atoms with E-state index in [0.717, 1.165) is 16.5 Å². The van der Waals surface area contributed by atoms with Crippen LogP contribution in [-0.4, -0.2) is 29.2 Å². The Kier molecular flexibility index (Phi) is 4.70. The van der Waals surface area contributed by atoms with E-state index in [9.17, 15) is 14.4 Å². The van der Waals surface area contributed by atoms with E-state index in [2.05, 4.69) is 5.32 Å². The van der Waals surface area contributed by atoms with Crippen molar-refractivity contribution < 1.29 is 14.4 Å². The number of hydrogen-bond acceptors (Lipinski definition) is 3. The van der Waals surface area contributed by atoms with Gasteiger partial charge in [0.15, 0.2) is 0 Å². The van der Waals surface area contributed by atoms with E-state index in [1.54, 1.807) is 0 Å². The van der Waals surface area contributed by atoms with Crippen LogP contribution in [0.4, 0.5) is 5.69 Å². The van der Waals surface area contributed by atoms with Crippen molar-refractivity contribution in [2.75, 3.05) is 11.9 Å². The molecule has 2 aromatic carbocycles. The van der Waals surface area contributed by atoms with E-state index >= 15 is 0 Å². The first kappa shape index (κ1) is 17.7. The molecule has 2 atom stereocenters. The lowest BCUT2D eigenvalue weighted by Crippen LogP contribution is -2.34. The Labute approximate surface area is 162 Å². The van der Waals surface area contributed by atoms with E-state index in [1.165, 1.54) is 4.90 Å². The number of halogens is 1. The molecule has 1 saturated heterocycles. The molecule has 0 bridgehead atoms. The molecule has 1 heterocycles. The maximum Gasteiger partial charge on any atom is 0.233 e. The van der Waals surface area contributed by atoms with Gasteiger partial charge in [-0.15, -0.1) is 0 Å². The highest BCUT2D eigenvalue weighted by molar-refractivity contribution is 6.30. The average Bonchev–Trinajstić information content (AvgIpc) is 2.90. The molecule has 27 heavy (non-hydrogen) atoms. The third-order valence-electron chi connectivity index (χ3n) is 5.29. The summed E-state index contributed by atoms with van der Waals surface area (Å²) in [6, 6.07) is 13.5. The topological polar surface area (TPSA) is 66.5 Å². The fourth-order valence-corrected chi connectivity index (χ4v) is 4.13. The summed E-state index contributed by atoms with van der Waals surface area (Å²) in [4.78, 5) is 38.7. The van der Waals surface area contributed by atoms with Crippen molar-refractivity contribution >= 4 is 45.8 Å². The molecule has 4 rings (SSSR count). The Morgan fingerprint density at radius 2 is 1.81 bits per heavy atom. The van der Waals surface area contributed by atoms with Crippen LogP contribution in [0.25, 0.3) is 10.8 Å². The third kappa shape index (κ3) is 3.35. The Morgan fingerprint density at radius 1 is 1.07 bits per heavy atom. The number of anilines is 1. The van der Waals surface area contributed by atoms with E-state index < -0.39 is 0 Å². The second-order valence-electron chi connectivity index (χ2n) is 6.96. The average molecular weight is 383 g/mol. The van der Waals surface area contributed by atoms with Gasteiger partial charge in [0, 0.05) is 29.1 Å². The fourth-order valence-electron chi connectivity index (χ4n) is 3.88. The van der Waals surface area contributed by atoms with Crippen LogP contribution in [-0.2, 0) is 14.4 Å². The number of nitrogens with zero attached hydrogens (tertiary/aromatic N) is 1. The van der Waals surface area contributed by atoms with Crippen molar-refractivity contribution in [3.05, 3.63) is 53.6 Å². The smallest absolute Gasteiger partial charge is 0.233 e. The summed E-state index contributed by atoms with van der Waals surface area (Å²) >= 11 is 6.02. The summed E-state index contributed by atoms with van der Waals surface area (Å²) in [5.74, 6) is -1.34. The van der Waals surface area contributed by atoms with Crippen LogP contribution >= 0.6 is 11.6 Å². The lowest BCUT2D eigenvalue weighted by molar-refractivity contribution is -0.140. The minimum absolute atomic E-state index is 0.0707. The number of hydrogen-bond donors (Lipinski definition) is 1. The van der Waals surface area contributed by atoms with Gasteiger partial charge in [-0.25, -0.2) is 0 Å².